The molecule has 1 unspecified atom stereocenters. The summed E-state index contributed by atoms with van der Waals surface area (Å²) in [6.45, 7) is 2.60. The number of hydrazine groups is 1. The first-order valence-corrected chi connectivity index (χ1v) is 8.98. The van der Waals surface area contributed by atoms with E-state index in [-0.39, 0.29) is 25.0 Å². The molecule has 26 heavy (non-hydrogen) atoms. The van der Waals surface area contributed by atoms with Crippen molar-refractivity contribution in [3.8, 4) is 0 Å². The number of esters is 1. The highest BCUT2D eigenvalue weighted by Crippen LogP contribution is 2.25. The number of rotatable bonds is 6. The maximum Gasteiger partial charge on any atom is 0.327 e. The third-order valence-electron chi connectivity index (χ3n) is 4.76. The second-order valence-electron chi connectivity index (χ2n) is 6.49. The summed E-state index contributed by atoms with van der Waals surface area (Å²) >= 11 is 0. The zero-order valence-corrected chi connectivity index (χ0v) is 15.2. The van der Waals surface area contributed by atoms with Crippen LogP contribution in [0.3, 0.4) is 0 Å². The number of nitrogens with zero attached hydrogens (tertiary/aromatic N) is 3. The number of amides is 2. The van der Waals surface area contributed by atoms with Gasteiger partial charge >= 0.3 is 5.97 Å². The topological polar surface area (TPSA) is 91.8 Å². The molecular formula is C18H24N4O4. The fourth-order valence-electron chi connectivity index (χ4n) is 3.34. The van der Waals surface area contributed by atoms with Crippen molar-refractivity contribution in [1.29, 1.82) is 0 Å². The molecule has 3 rings (SSSR count). The molecule has 0 radical (unpaired) electrons. The van der Waals surface area contributed by atoms with Gasteiger partial charge in [-0.05, 0) is 44.2 Å². The van der Waals surface area contributed by atoms with Crippen LogP contribution < -0.4 is 5.32 Å². The first-order chi connectivity index (χ1) is 12.5. The Labute approximate surface area is 152 Å². The van der Waals surface area contributed by atoms with Crippen LogP contribution in [0, 0.1) is 5.92 Å². The van der Waals surface area contributed by atoms with Crippen LogP contribution in [0.2, 0.25) is 0 Å². The number of ether oxygens (including phenoxy) is 1. The van der Waals surface area contributed by atoms with Crippen molar-refractivity contribution in [2.24, 2.45) is 5.92 Å². The molecule has 2 amide bonds. The van der Waals surface area contributed by atoms with Crippen LogP contribution >= 0.6 is 0 Å². The maximum absolute atomic E-state index is 12.5. The predicted molar refractivity (Wildman–Crippen MR) is 94.0 cm³/mol. The summed E-state index contributed by atoms with van der Waals surface area (Å²) in [6.07, 6.45) is 3.01. The van der Waals surface area contributed by atoms with Crippen molar-refractivity contribution in [2.75, 3.05) is 32.1 Å². The Morgan fingerprint density at radius 3 is 2.92 bits per heavy atom. The lowest BCUT2D eigenvalue weighted by Crippen LogP contribution is -2.41. The van der Waals surface area contributed by atoms with Gasteiger partial charge in [-0.15, -0.1) is 0 Å². The third kappa shape index (κ3) is 3.63. The fourth-order valence-corrected chi connectivity index (χ4v) is 3.34. The minimum absolute atomic E-state index is 0.236. The van der Waals surface area contributed by atoms with E-state index in [9.17, 15) is 14.4 Å². The molecule has 0 spiro atoms. The van der Waals surface area contributed by atoms with Gasteiger partial charge in [-0.3, -0.25) is 19.4 Å². The molecule has 0 aliphatic carbocycles. The van der Waals surface area contributed by atoms with Gasteiger partial charge in [-0.25, -0.2) is 9.99 Å². The summed E-state index contributed by atoms with van der Waals surface area (Å²) in [5, 5.41) is 5.66. The highest BCUT2D eigenvalue weighted by Gasteiger charge is 2.44. The van der Waals surface area contributed by atoms with E-state index in [1.54, 1.807) is 6.92 Å². The number of carbonyl (C=O) groups excluding carboxylic acids is 3. The third-order valence-corrected chi connectivity index (χ3v) is 4.76. The molecule has 0 aromatic carbocycles. The molecule has 1 aromatic rings. The van der Waals surface area contributed by atoms with Crippen LogP contribution in [0.4, 0.5) is 5.82 Å². The smallest absolute Gasteiger partial charge is 0.327 e. The fraction of sp³-hybridized carbons (Fsp3) is 0.556. The van der Waals surface area contributed by atoms with E-state index in [4.69, 9.17) is 4.74 Å². The summed E-state index contributed by atoms with van der Waals surface area (Å²) in [4.78, 5) is 41.2. The number of hydrogen-bond acceptors (Lipinski definition) is 6. The first kappa shape index (κ1) is 18.2. The monoisotopic (exact) mass is 360 g/mol. The second kappa shape index (κ2) is 7.72. The van der Waals surface area contributed by atoms with Gasteiger partial charge in [0.1, 0.15) is 18.3 Å². The summed E-state index contributed by atoms with van der Waals surface area (Å²) in [7, 11) is 1.50. The summed E-state index contributed by atoms with van der Waals surface area (Å²) in [5.74, 6) is -1.06. The van der Waals surface area contributed by atoms with E-state index in [0.717, 1.165) is 35.9 Å². The van der Waals surface area contributed by atoms with E-state index >= 15 is 0 Å². The molecule has 8 nitrogen and oxygen atoms in total. The van der Waals surface area contributed by atoms with Crippen LogP contribution in [0.15, 0.2) is 12.1 Å². The van der Waals surface area contributed by atoms with Crippen molar-refractivity contribution < 1.29 is 19.1 Å². The number of aromatic nitrogens is 1. The van der Waals surface area contributed by atoms with Crippen LogP contribution in [-0.2, 0) is 32.0 Å². The lowest BCUT2D eigenvalue weighted by molar-refractivity contribution is -0.157. The minimum atomic E-state index is -0.778. The van der Waals surface area contributed by atoms with Crippen LogP contribution in [0.25, 0.3) is 0 Å². The van der Waals surface area contributed by atoms with Gasteiger partial charge in [-0.1, -0.05) is 6.07 Å². The molecular weight excluding hydrogens is 336 g/mol. The van der Waals surface area contributed by atoms with Gasteiger partial charge in [0.15, 0.2) is 0 Å². The van der Waals surface area contributed by atoms with Crippen LogP contribution in [0.5, 0.6) is 0 Å². The first-order valence-electron chi connectivity index (χ1n) is 8.98. The van der Waals surface area contributed by atoms with Crippen molar-refractivity contribution in [2.45, 2.75) is 32.6 Å². The number of pyridine rings is 1. The Morgan fingerprint density at radius 2 is 2.15 bits per heavy atom. The maximum atomic E-state index is 12.5. The Kier molecular flexibility index (Phi) is 5.39. The van der Waals surface area contributed by atoms with E-state index in [1.807, 2.05) is 6.07 Å². The summed E-state index contributed by atoms with van der Waals surface area (Å²) < 4.78 is 4.87. The Morgan fingerprint density at radius 1 is 1.35 bits per heavy atom. The van der Waals surface area contributed by atoms with E-state index in [1.165, 1.54) is 17.6 Å². The van der Waals surface area contributed by atoms with Crippen molar-refractivity contribution >= 4 is 23.6 Å². The average Bonchev–Trinajstić information content (AvgIpc) is 2.83. The highest BCUT2D eigenvalue weighted by atomic mass is 16.5. The predicted octanol–water partition coefficient (Wildman–Crippen LogP) is 0.767. The Hall–Kier alpha value is -2.64. The SMILES string of the molecule is CCOC(=O)CN1C(=O)C(CCc2ccc3c(n2)NCCC3)C(=O)N1C. The molecule has 0 bridgehead atoms. The van der Waals surface area contributed by atoms with Gasteiger partial charge in [-0.2, -0.15) is 0 Å². The lowest BCUT2D eigenvalue weighted by Gasteiger charge is -2.22. The average molecular weight is 360 g/mol. The van der Waals surface area contributed by atoms with Crippen LogP contribution in [-0.4, -0.2) is 59.5 Å². The van der Waals surface area contributed by atoms with Crippen molar-refractivity contribution in [3.63, 3.8) is 0 Å². The molecule has 2 aliphatic rings. The van der Waals surface area contributed by atoms with Gasteiger partial charge in [0.2, 0.25) is 0 Å². The van der Waals surface area contributed by atoms with Crippen molar-refractivity contribution in [1.82, 2.24) is 15.0 Å². The molecule has 1 atom stereocenters. The Balaban J connectivity index is 1.63. The largest absolute Gasteiger partial charge is 0.465 e. The van der Waals surface area contributed by atoms with Gasteiger partial charge < -0.3 is 10.1 Å². The highest BCUT2D eigenvalue weighted by molar-refractivity contribution is 6.06. The summed E-state index contributed by atoms with van der Waals surface area (Å²) in [5.41, 5.74) is 2.05. The summed E-state index contributed by atoms with van der Waals surface area (Å²) in [6, 6.07) is 4.01. The zero-order valence-electron chi connectivity index (χ0n) is 15.2. The second-order valence-corrected chi connectivity index (χ2v) is 6.49. The van der Waals surface area contributed by atoms with Gasteiger partial charge in [0, 0.05) is 19.3 Å². The number of nitrogens with one attached hydrogen (secondary N) is 1. The molecule has 1 saturated heterocycles. The molecule has 3 heterocycles. The molecule has 8 heteroatoms. The normalized spacial score (nSPS) is 19.4. The van der Waals surface area contributed by atoms with Crippen LogP contribution in [0.1, 0.15) is 31.0 Å². The number of anilines is 1. The standard InChI is InChI=1S/C18H24N4O4/c1-3-26-15(23)11-22-18(25)14(17(24)21(22)2)9-8-13-7-6-12-5-4-10-19-16(12)20-13/h6-7,14H,3-5,8-11H2,1-2H3,(H,19,20). The minimum Gasteiger partial charge on any atom is -0.465 e. The van der Waals surface area contributed by atoms with E-state index in [2.05, 4.69) is 16.4 Å². The molecule has 1 fully saturated rings. The number of fused-ring (bicyclic) bond motifs is 1. The number of aryl methyl sites for hydroxylation is 2. The van der Waals surface area contributed by atoms with E-state index < -0.39 is 11.9 Å². The number of hydrogen-bond donors (Lipinski definition) is 1. The molecule has 1 aromatic heterocycles. The molecule has 2 aliphatic heterocycles. The molecule has 140 valence electrons. The van der Waals surface area contributed by atoms with Gasteiger partial charge in [0.25, 0.3) is 11.8 Å². The number of carbonyl (C=O) groups is 3. The van der Waals surface area contributed by atoms with Gasteiger partial charge in [0.05, 0.1) is 6.61 Å². The zero-order chi connectivity index (χ0) is 18.7. The quantitative estimate of drug-likeness (QED) is 0.595. The molecule has 0 saturated carbocycles. The van der Waals surface area contributed by atoms with Crippen molar-refractivity contribution in [3.05, 3.63) is 23.4 Å². The lowest BCUT2D eigenvalue weighted by atomic mass is 10.00. The molecule has 1 N–H and O–H groups in total. The van der Waals surface area contributed by atoms with E-state index in [0.29, 0.717) is 12.8 Å². The Bertz CT molecular complexity index is 721.